The van der Waals surface area contributed by atoms with E-state index in [1.54, 1.807) is 6.20 Å². The van der Waals surface area contributed by atoms with E-state index in [1.165, 1.54) is 0 Å². The molecule has 2 aliphatic heterocycles. The number of rotatable bonds is 5. The first-order valence-corrected chi connectivity index (χ1v) is 11.1. The largest absolute Gasteiger partial charge is 0.350 e. The zero-order chi connectivity index (χ0) is 20.3. The molecule has 1 saturated carbocycles. The summed E-state index contributed by atoms with van der Waals surface area (Å²) in [4.78, 5) is 34.0. The second-order valence-electron chi connectivity index (χ2n) is 8.91. The number of pyridine rings is 1. The van der Waals surface area contributed by atoms with Crippen molar-refractivity contribution in [3.8, 4) is 0 Å². The van der Waals surface area contributed by atoms with Crippen molar-refractivity contribution in [2.45, 2.75) is 63.1 Å². The molecule has 1 aromatic heterocycles. The maximum absolute atomic E-state index is 12.7. The summed E-state index contributed by atoms with van der Waals surface area (Å²) in [7, 11) is 0. The minimum absolute atomic E-state index is 0.0365. The molecular weight excluding hydrogens is 366 g/mol. The summed E-state index contributed by atoms with van der Waals surface area (Å²) in [6.45, 7) is 3.92. The summed E-state index contributed by atoms with van der Waals surface area (Å²) in [6.07, 6.45) is 8.41. The first kappa shape index (κ1) is 20.3. The van der Waals surface area contributed by atoms with Gasteiger partial charge in [-0.25, -0.2) is 0 Å². The van der Waals surface area contributed by atoms with Gasteiger partial charge < -0.3 is 16.0 Å². The van der Waals surface area contributed by atoms with Gasteiger partial charge in [0.1, 0.15) is 0 Å². The van der Waals surface area contributed by atoms with E-state index in [2.05, 4.69) is 15.2 Å². The molecule has 1 atom stereocenters. The predicted octanol–water partition coefficient (Wildman–Crippen LogP) is 1.28. The first-order valence-electron chi connectivity index (χ1n) is 11.1. The van der Waals surface area contributed by atoms with Crippen LogP contribution in [-0.4, -0.2) is 64.4 Å². The highest BCUT2D eigenvalue weighted by molar-refractivity contribution is 5.87. The number of hydrogen-bond donors (Lipinski definition) is 2. The van der Waals surface area contributed by atoms with Gasteiger partial charge in [-0.15, -0.1) is 0 Å². The maximum Gasteiger partial charge on any atom is 0.242 e. The van der Waals surface area contributed by atoms with Gasteiger partial charge in [0.15, 0.2) is 0 Å². The molecule has 3 N–H and O–H groups in total. The van der Waals surface area contributed by atoms with Gasteiger partial charge in [0.25, 0.3) is 0 Å². The second kappa shape index (κ2) is 8.79. The molecule has 3 fully saturated rings. The van der Waals surface area contributed by atoms with Crippen molar-refractivity contribution in [2.75, 3.05) is 26.2 Å². The third-order valence-corrected chi connectivity index (χ3v) is 6.93. The van der Waals surface area contributed by atoms with Gasteiger partial charge in [0.05, 0.1) is 23.7 Å². The second-order valence-corrected chi connectivity index (χ2v) is 8.91. The quantitative estimate of drug-likeness (QED) is 0.778. The topological polar surface area (TPSA) is 91.6 Å². The minimum atomic E-state index is -0.589. The van der Waals surface area contributed by atoms with E-state index in [9.17, 15) is 9.59 Å². The fourth-order valence-corrected chi connectivity index (χ4v) is 4.90. The highest BCUT2D eigenvalue weighted by Crippen LogP contribution is 2.32. The van der Waals surface area contributed by atoms with Crippen LogP contribution in [0.15, 0.2) is 24.4 Å². The third-order valence-electron chi connectivity index (χ3n) is 6.93. The zero-order valence-corrected chi connectivity index (χ0v) is 17.2. The highest BCUT2D eigenvalue weighted by atomic mass is 16.2. The van der Waals surface area contributed by atoms with Crippen LogP contribution in [0.4, 0.5) is 0 Å². The average molecular weight is 400 g/mol. The van der Waals surface area contributed by atoms with Crippen LogP contribution in [0.2, 0.25) is 0 Å². The predicted molar refractivity (Wildman–Crippen MR) is 111 cm³/mol. The lowest BCUT2D eigenvalue weighted by atomic mass is 9.76. The van der Waals surface area contributed by atoms with Crippen molar-refractivity contribution in [1.29, 1.82) is 0 Å². The fraction of sp³-hybridized carbons (Fsp3) is 0.682. The Morgan fingerprint density at radius 2 is 1.93 bits per heavy atom. The van der Waals surface area contributed by atoms with Gasteiger partial charge in [-0.1, -0.05) is 6.07 Å². The van der Waals surface area contributed by atoms with E-state index in [-0.39, 0.29) is 17.7 Å². The Morgan fingerprint density at radius 3 is 2.59 bits per heavy atom. The van der Waals surface area contributed by atoms with Gasteiger partial charge in [0.2, 0.25) is 11.8 Å². The van der Waals surface area contributed by atoms with Crippen LogP contribution in [0.5, 0.6) is 0 Å². The molecule has 0 bridgehead atoms. The Labute approximate surface area is 173 Å². The summed E-state index contributed by atoms with van der Waals surface area (Å²) in [5, 5.41) is 3.05. The number of nitrogens with two attached hydrogens (primary N) is 1. The number of amides is 2. The molecule has 29 heavy (non-hydrogen) atoms. The molecule has 4 rings (SSSR count). The van der Waals surface area contributed by atoms with Gasteiger partial charge in [0, 0.05) is 31.9 Å². The Kier molecular flexibility index (Phi) is 6.15. The number of piperidine rings is 2. The van der Waals surface area contributed by atoms with E-state index >= 15 is 0 Å². The summed E-state index contributed by atoms with van der Waals surface area (Å²) < 4.78 is 0. The summed E-state index contributed by atoms with van der Waals surface area (Å²) >= 11 is 0. The van der Waals surface area contributed by atoms with Crippen LogP contribution < -0.4 is 11.1 Å². The van der Waals surface area contributed by atoms with E-state index in [0.29, 0.717) is 12.6 Å². The Morgan fingerprint density at radius 1 is 1.14 bits per heavy atom. The lowest BCUT2D eigenvalue weighted by molar-refractivity contribution is -0.141. The van der Waals surface area contributed by atoms with E-state index in [4.69, 9.17) is 5.73 Å². The molecule has 0 radical (unpaired) electrons. The molecule has 1 aromatic rings. The van der Waals surface area contributed by atoms with Gasteiger partial charge >= 0.3 is 0 Å². The maximum atomic E-state index is 12.7. The van der Waals surface area contributed by atoms with Crippen LogP contribution in [-0.2, 0) is 16.1 Å². The van der Waals surface area contributed by atoms with Gasteiger partial charge in [-0.05, 0) is 63.6 Å². The number of carbonyl (C=O) groups excluding carboxylic acids is 2. The summed E-state index contributed by atoms with van der Waals surface area (Å²) in [5.41, 5.74) is 6.52. The molecule has 1 unspecified atom stereocenters. The Hall–Kier alpha value is -1.99. The van der Waals surface area contributed by atoms with Crippen molar-refractivity contribution in [3.63, 3.8) is 0 Å². The molecule has 1 aliphatic carbocycles. The van der Waals surface area contributed by atoms with Crippen LogP contribution >= 0.6 is 0 Å². The fourth-order valence-electron chi connectivity index (χ4n) is 4.90. The number of hydrogen-bond acceptors (Lipinski definition) is 5. The van der Waals surface area contributed by atoms with Crippen LogP contribution in [0.3, 0.4) is 0 Å². The molecule has 158 valence electrons. The third kappa shape index (κ3) is 4.61. The number of aromatic nitrogens is 1. The van der Waals surface area contributed by atoms with Crippen LogP contribution in [0, 0.1) is 5.92 Å². The van der Waals surface area contributed by atoms with Gasteiger partial charge in [-0.2, -0.15) is 0 Å². The first-order chi connectivity index (χ1) is 14.0. The number of nitrogens with one attached hydrogen (secondary N) is 1. The SMILES string of the molecule is NC1(C(=O)N2CCC(N3CCCC(C(=O)NCc4ccccn4)C3)CC2)CCC1. The Bertz CT molecular complexity index is 713. The van der Waals surface area contributed by atoms with Crippen molar-refractivity contribution < 1.29 is 9.59 Å². The van der Waals surface area contributed by atoms with Crippen LogP contribution in [0.25, 0.3) is 0 Å². The number of carbonyl (C=O) groups is 2. The van der Waals surface area contributed by atoms with E-state index in [1.807, 2.05) is 23.1 Å². The minimum Gasteiger partial charge on any atom is -0.350 e. The monoisotopic (exact) mass is 399 g/mol. The summed E-state index contributed by atoms with van der Waals surface area (Å²) in [5.74, 6) is 0.310. The van der Waals surface area contributed by atoms with Crippen molar-refractivity contribution >= 4 is 11.8 Å². The molecule has 2 amide bonds. The zero-order valence-electron chi connectivity index (χ0n) is 17.2. The molecule has 0 spiro atoms. The molecule has 3 aliphatic rings. The lowest BCUT2D eigenvalue weighted by Crippen LogP contribution is -2.61. The number of likely N-dealkylation sites (tertiary alicyclic amines) is 2. The molecule has 7 nitrogen and oxygen atoms in total. The molecule has 7 heteroatoms. The number of nitrogens with zero attached hydrogens (tertiary/aromatic N) is 3. The Balaban J connectivity index is 1.24. The van der Waals surface area contributed by atoms with Crippen molar-refractivity contribution in [1.82, 2.24) is 20.1 Å². The molecule has 0 aromatic carbocycles. The van der Waals surface area contributed by atoms with E-state index in [0.717, 1.165) is 76.8 Å². The summed E-state index contributed by atoms with van der Waals surface area (Å²) in [6, 6.07) is 6.20. The molecular formula is C22H33N5O2. The van der Waals surface area contributed by atoms with Gasteiger partial charge in [-0.3, -0.25) is 19.5 Å². The highest BCUT2D eigenvalue weighted by Gasteiger charge is 2.43. The average Bonchev–Trinajstić information content (AvgIpc) is 2.76. The standard InChI is InChI=1S/C22H33N5O2/c23-22(9-4-10-22)21(29)26-13-7-19(8-14-26)27-12-3-5-17(16-27)20(28)25-15-18-6-1-2-11-24-18/h1-2,6,11,17,19H,3-5,7-10,12-16,23H2,(H,25,28). The molecule has 3 heterocycles. The van der Waals surface area contributed by atoms with E-state index < -0.39 is 5.54 Å². The molecule has 2 saturated heterocycles. The van der Waals surface area contributed by atoms with Crippen molar-refractivity contribution in [3.05, 3.63) is 30.1 Å². The smallest absolute Gasteiger partial charge is 0.242 e. The van der Waals surface area contributed by atoms with Crippen molar-refractivity contribution in [2.24, 2.45) is 11.7 Å². The lowest BCUT2D eigenvalue weighted by Gasteiger charge is -2.45. The normalized spacial score (nSPS) is 25.3. The van der Waals surface area contributed by atoms with Crippen LogP contribution in [0.1, 0.15) is 50.6 Å².